The summed E-state index contributed by atoms with van der Waals surface area (Å²) in [6, 6.07) is 0. The Morgan fingerprint density at radius 1 is 1.24 bits per heavy atom. The van der Waals surface area contributed by atoms with E-state index in [9.17, 15) is 9.59 Å². The topological polar surface area (TPSA) is 52.6 Å². The van der Waals surface area contributed by atoms with Gasteiger partial charge >= 0.3 is 11.9 Å². The van der Waals surface area contributed by atoms with E-state index < -0.39 is 23.5 Å². The zero-order valence-electron chi connectivity index (χ0n) is 13.3. The Morgan fingerprint density at radius 3 is 2.29 bits per heavy atom. The molecule has 4 heteroatoms. The Labute approximate surface area is 127 Å². The van der Waals surface area contributed by atoms with Crippen molar-refractivity contribution in [1.29, 1.82) is 0 Å². The summed E-state index contributed by atoms with van der Waals surface area (Å²) in [7, 11) is 0. The van der Waals surface area contributed by atoms with Gasteiger partial charge in [-0.25, -0.2) is 9.59 Å². The average Bonchev–Trinajstić information content (AvgIpc) is 2.49. The van der Waals surface area contributed by atoms with E-state index in [1.807, 2.05) is 13.8 Å². The number of ether oxygens (including phenoxy) is 2. The molecule has 118 valence electrons. The van der Waals surface area contributed by atoms with E-state index in [2.05, 4.69) is 19.7 Å². The first-order chi connectivity index (χ1) is 9.78. The van der Waals surface area contributed by atoms with Crippen molar-refractivity contribution in [3.63, 3.8) is 0 Å². The lowest BCUT2D eigenvalue weighted by molar-refractivity contribution is -0.155. The van der Waals surface area contributed by atoms with Crippen LogP contribution in [0.3, 0.4) is 0 Å². The van der Waals surface area contributed by atoms with Crippen LogP contribution in [-0.2, 0) is 19.1 Å². The fourth-order valence-electron chi connectivity index (χ4n) is 1.69. The molecule has 0 amide bonds. The van der Waals surface area contributed by atoms with Crippen LogP contribution in [0.5, 0.6) is 0 Å². The lowest BCUT2D eigenvalue weighted by Crippen LogP contribution is -2.38. The average molecular weight is 294 g/mol. The van der Waals surface area contributed by atoms with Crippen LogP contribution in [0.15, 0.2) is 37.5 Å². The minimum Gasteiger partial charge on any atom is -0.462 e. The van der Waals surface area contributed by atoms with Crippen molar-refractivity contribution in [2.75, 3.05) is 6.61 Å². The first kappa shape index (κ1) is 19.2. The van der Waals surface area contributed by atoms with Gasteiger partial charge < -0.3 is 9.47 Å². The highest BCUT2D eigenvalue weighted by molar-refractivity contribution is 5.81. The fraction of sp³-hybridized carbons (Fsp3) is 0.529. The number of rotatable bonds is 10. The normalized spacial score (nSPS) is 14.4. The molecule has 0 heterocycles. The van der Waals surface area contributed by atoms with E-state index in [0.717, 1.165) is 30.6 Å². The standard InChI is InChI=1S/C17H26O4/c1-7-13(4)10-11-17(6,12-20-15(18)8-2)14(5)21-16(19)9-3/h8-9,14H,2-4,7,10-12H2,1,5-6H3. The van der Waals surface area contributed by atoms with Crippen molar-refractivity contribution in [1.82, 2.24) is 0 Å². The Morgan fingerprint density at radius 2 is 1.81 bits per heavy atom. The smallest absolute Gasteiger partial charge is 0.330 e. The molecule has 2 unspecified atom stereocenters. The second-order valence-electron chi connectivity index (χ2n) is 5.35. The van der Waals surface area contributed by atoms with Crippen LogP contribution in [0.25, 0.3) is 0 Å². The van der Waals surface area contributed by atoms with E-state index in [0.29, 0.717) is 6.42 Å². The van der Waals surface area contributed by atoms with Crippen molar-refractivity contribution < 1.29 is 19.1 Å². The molecule has 0 N–H and O–H groups in total. The molecule has 0 aromatic rings. The highest BCUT2D eigenvalue weighted by atomic mass is 16.6. The third kappa shape index (κ3) is 6.93. The molecule has 2 atom stereocenters. The number of esters is 2. The fourth-order valence-corrected chi connectivity index (χ4v) is 1.69. The van der Waals surface area contributed by atoms with Crippen molar-refractivity contribution in [2.24, 2.45) is 5.41 Å². The predicted octanol–water partition coefficient (Wildman–Crippen LogP) is 3.59. The maximum atomic E-state index is 11.4. The molecule has 0 aliphatic carbocycles. The first-order valence-corrected chi connectivity index (χ1v) is 7.08. The van der Waals surface area contributed by atoms with Crippen molar-refractivity contribution in [3.8, 4) is 0 Å². The summed E-state index contributed by atoms with van der Waals surface area (Å²) >= 11 is 0. The maximum absolute atomic E-state index is 11.4. The largest absolute Gasteiger partial charge is 0.462 e. The molecule has 0 saturated carbocycles. The van der Waals surface area contributed by atoms with Crippen molar-refractivity contribution >= 4 is 11.9 Å². The van der Waals surface area contributed by atoms with E-state index in [1.165, 1.54) is 0 Å². The van der Waals surface area contributed by atoms with Gasteiger partial charge in [-0.1, -0.05) is 39.2 Å². The Balaban J connectivity index is 4.89. The third-order valence-electron chi connectivity index (χ3n) is 3.70. The number of carbonyl (C=O) groups is 2. The van der Waals surface area contributed by atoms with Gasteiger partial charge in [0.2, 0.25) is 0 Å². The second-order valence-corrected chi connectivity index (χ2v) is 5.35. The monoisotopic (exact) mass is 294 g/mol. The number of carbonyl (C=O) groups excluding carboxylic acids is 2. The van der Waals surface area contributed by atoms with E-state index in [1.54, 1.807) is 6.92 Å². The molecule has 21 heavy (non-hydrogen) atoms. The van der Waals surface area contributed by atoms with Gasteiger partial charge in [0.1, 0.15) is 12.7 Å². The lowest BCUT2D eigenvalue weighted by atomic mass is 9.80. The van der Waals surface area contributed by atoms with E-state index in [4.69, 9.17) is 9.47 Å². The van der Waals surface area contributed by atoms with Gasteiger partial charge in [-0.2, -0.15) is 0 Å². The minimum atomic E-state index is -0.491. The molecule has 0 fully saturated rings. The minimum absolute atomic E-state index is 0.153. The van der Waals surface area contributed by atoms with E-state index in [-0.39, 0.29) is 6.61 Å². The second kappa shape index (κ2) is 9.16. The summed E-state index contributed by atoms with van der Waals surface area (Å²) in [4.78, 5) is 22.6. The lowest BCUT2D eigenvalue weighted by Gasteiger charge is -2.34. The Hall–Kier alpha value is -1.84. The highest BCUT2D eigenvalue weighted by Gasteiger charge is 2.35. The van der Waals surface area contributed by atoms with E-state index >= 15 is 0 Å². The molecule has 0 aromatic heterocycles. The SMILES string of the molecule is C=CC(=O)OCC(C)(CCC(=C)CC)C(C)OC(=O)C=C. The van der Waals surface area contributed by atoms with Gasteiger partial charge in [0.25, 0.3) is 0 Å². The van der Waals surface area contributed by atoms with Gasteiger partial charge in [0, 0.05) is 17.6 Å². The quantitative estimate of drug-likeness (QED) is 0.351. The third-order valence-corrected chi connectivity index (χ3v) is 3.70. The number of allylic oxidation sites excluding steroid dienone is 1. The van der Waals surface area contributed by atoms with Crippen molar-refractivity contribution in [2.45, 2.75) is 46.1 Å². The van der Waals surface area contributed by atoms with Crippen molar-refractivity contribution in [3.05, 3.63) is 37.5 Å². The Bertz CT molecular complexity index is 411. The van der Waals surface area contributed by atoms with Crippen LogP contribution in [0.1, 0.15) is 40.0 Å². The van der Waals surface area contributed by atoms with Crippen LogP contribution < -0.4 is 0 Å². The predicted molar refractivity (Wildman–Crippen MR) is 83.7 cm³/mol. The molecule has 0 saturated heterocycles. The van der Waals surface area contributed by atoms with Gasteiger partial charge in [-0.05, 0) is 26.2 Å². The van der Waals surface area contributed by atoms with Gasteiger partial charge in [-0.3, -0.25) is 0 Å². The number of hydrogen-bond acceptors (Lipinski definition) is 4. The first-order valence-electron chi connectivity index (χ1n) is 7.08. The molecule has 0 aromatic carbocycles. The molecule has 0 spiro atoms. The molecular weight excluding hydrogens is 268 g/mol. The summed E-state index contributed by atoms with van der Waals surface area (Å²) in [6.45, 7) is 16.6. The summed E-state index contributed by atoms with van der Waals surface area (Å²) in [5.74, 6) is -0.976. The summed E-state index contributed by atoms with van der Waals surface area (Å²) < 4.78 is 10.4. The van der Waals surface area contributed by atoms with Gasteiger partial charge in [0.05, 0.1) is 0 Å². The molecule has 0 radical (unpaired) electrons. The van der Waals surface area contributed by atoms with Crippen LogP contribution in [0.4, 0.5) is 0 Å². The molecule has 0 bridgehead atoms. The molecule has 0 aliphatic heterocycles. The van der Waals surface area contributed by atoms with Gasteiger partial charge in [-0.15, -0.1) is 0 Å². The molecule has 0 rings (SSSR count). The van der Waals surface area contributed by atoms with Crippen LogP contribution >= 0.6 is 0 Å². The summed E-state index contributed by atoms with van der Waals surface area (Å²) in [5, 5.41) is 0. The summed E-state index contributed by atoms with van der Waals surface area (Å²) in [6.07, 6.45) is 4.21. The van der Waals surface area contributed by atoms with Crippen LogP contribution in [-0.4, -0.2) is 24.6 Å². The summed E-state index contributed by atoms with van der Waals surface area (Å²) in [5.41, 5.74) is 0.619. The highest BCUT2D eigenvalue weighted by Crippen LogP contribution is 2.32. The molecular formula is C17H26O4. The van der Waals surface area contributed by atoms with Crippen LogP contribution in [0.2, 0.25) is 0 Å². The molecule has 4 nitrogen and oxygen atoms in total. The maximum Gasteiger partial charge on any atom is 0.330 e. The zero-order chi connectivity index (χ0) is 16.5. The number of hydrogen-bond donors (Lipinski definition) is 0. The van der Waals surface area contributed by atoms with Gasteiger partial charge in [0.15, 0.2) is 0 Å². The Kier molecular flexibility index (Phi) is 8.36. The molecule has 0 aliphatic rings. The zero-order valence-corrected chi connectivity index (χ0v) is 13.3. The van der Waals surface area contributed by atoms with Crippen LogP contribution in [0, 0.1) is 5.41 Å².